The van der Waals surface area contributed by atoms with Gasteiger partial charge in [-0.2, -0.15) is 18.4 Å². The number of carbonyl (C=O) groups excluding carboxylic acids is 1. The molecular formula is C20H15F3N4O2S2. The first-order chi connectivity index (χ1) is 14.8. The smallest absolute Gasteiger partial charge is 0.417 e. The molecule has 0 aliphatic rings. The van der Waals surface area contributed by atoms with E-state index in [1.807, 2.05) is 6.92 Å². The molecule has 0 atom stereocenters. The number of nitrogens with one attached hydrogen (secondary N) is 1. The van der Waals surface area contributed by atoms with Gasteiger partial charge >= 0.3 is 6.18 Å². The lowest BCUT2D eigenvalue weighted by molar-refractivity contribution is -0.138. The number of halogens is 3. The molecule has 0 spiro atoms. The molecule has 0 radical (unpaired) electrons. The number of thiazole rings is 1. The van der Waals surface area contributed by atoms with Crippen molar-refractivity contribution in [3.63, 3.8) is 0 Å². The minimum Gasteiger partial charge on any atom is -0.494 e. The van der Waals surface area contributed by atoms with Crippen molar-refractivity contribution in [3.8, 4) is 23.1 Å². The summed E-state index contributed by atoms with van der Waals surface area (Å²) >= 11 is 1.97. The van der Waals surface area contributed by atoms with Gasteiger partial charge in [-0.1, -0.05) is 11.8 Å². The molecule has 1 amide bonds. The number of amides is 1. The molecule has 31 heavy (non-hydrogen) atoms. The van der Waals surface area contributed by atoms with Gasteiger partial charge in [0.05, 0.1) is 29.2 Å². The van der Waals surface area contributed by atoms with Crippen LogP contribution in [-0.2, 0) is 11.0 Å². The number of nitriles is 1. The lowest BCUT2D eigenvalue weighted by atomic mass is 10.1. The van der Waals surface area contributed by atoms with Crippen molar-refractivity contribution in [3.05, 3.63) is 53.0 Å². The van der Waals surface area contributed by atoms with Gasteiger partial charge < -0.3 is 10.1 Å². The standard InChI is InChI=1S/C20H15F3N4O2S2/c1-2-29-13-5-3-12(4-6-13)16-9-15(20(21,22)23)14(10-24)18(26-16)31-11-17(28)27-19-25-7-8-30-19/h3-9H,2,11H2,1H3,(H,25,27,28). The van der Waals surface area contributed by atoms with Gasteiger partial charge in [0, 0.05) is 17.1 Å². The van der Waals surface area contributed by atoms with Crippen LogP contribution in [0.3, 0.4) is 0 Å². The molecule has 6 nitrogen and oxygen atoms in total. The van der Waals surface area contributed by atoms with Crippen LogP contribution in [0.4, 0.5) is 18.3 Å². The summed E-state index contributed by atoms with van der Waals surface area (Å²) in [5.41, 5.74) is -1.25. The molecule has 1 N–H and O–H groups in total. The number of benzene rings is 1. The van der Waals surface area contributed by atoms with Crippen molar-refractivity contribution >= 4 is 34.1 Å². The molecule has 0 aliphatic heterocycles. The quantitative estimate of drug-likeness (QED) is 0.482. The summed E-state index contributed by atoms with van der Waals surface area (Å²) in [6.45, 7) is 2.27. The van der Waals surface area contributed by atoms with E-state index in [4.69, 9.17) is 4.74 Å². The Hall–Kier alpha value is -3.10. The summed E-state index contributed by atoms with van der Waals surface area (Å²) in [5, 5.41) is 13.8. The molecule has 3 aromatic rings. The van der Waals surface area contributed by atoms with Gasteiger partial charge in [0.1, 0.15) is 16.8 Å². The maximum Gasteiger partial charge on any atom is 0.417 e. The SMILES string of the molecule is CCOc1ccc(-c2cc(C(F)(F)F)c(C#N)c(SCC(=O)Nc3nccs3)n2)cc1. The van der Waals surface area contributed by atoms with E-state index in [0.29, 0.717) is 23.1 Å². The molecule has 3 rings (SSSR count). The number of hydrogen-bond donors (Lipinski definition) is 1. The van der Waals surface area contributed by atoms with E-state index in [2.05, 4.69) is 15.3 Å². The number of aromatic nitrogens is 2. The van der Waals surface area contributed by atoms with Crippen molar-refractivity contribution in [2.24, 2.45) is 0 Å². The van der Waals surface area contributed by atoms with Crippen molar-refractivity contribution in [1.29, 1.82) is 5.26 Å². The average molecular weight is 464 g/mol. The molecule has 0 saturated heterocycles. The fourth-order valence-corrected chi connectivity index (χ4v) is 3.92. The fraction of sp³-hybridized carbons (Fsp3) is 0.200. The van der Waals surface area contributed by atoms with Gasteiger partial charge in [-0.05, 0) is 37.3 Å². The van der Waals surface area contributed by atoms with Crippen LogP contribution in [0.5, 0.6) is 5.75 Å². The number of anilines is 1. The van der Waals surface area contributed by atoms with E-state index in [1.165, 1.54) is 17.5 Å². The Morgan fingerprint density at radius 2 is 2.06 bits per heavy atom. The molecule has 160 valence electrons. The first kappa shape index (κ1) is 22.6. The highest BCUT2D eigenvalue weighted by Gasteiger charge is 2.36. The molecule has 2 aromatic heterocycles. The molecule has 0 saturated carbocycles. The second-order valence-electron chi connectivity index (χ2n) is 5.98. The fourth-order valence-electron chi connectivity index (χ4n) is 2.57. The second-order valence-corrected chi connectivity index (χ2v) is 7.83. The summed E-state index contributed by atoms with van der Waals surface area (Å²) in [6, 6.07) is 8.84. The van der Waals surface area contributed by atoms with Crippen LogP contribution in [0, 0.1) is 11.3 Å². The van der Waals surface area contributed by atoms with Crippen LogP contribution >= 0.6 is 23.1 Å². The highest BCUT2D eigenvalue weighted by atomic mass is 32.2. The molecule has 0 bridgehead atoms. The van der Waals surface area contributed by atoms with E-state index in [1.54, 1.807) is 35.7 Å². The summed E-state index contributed by atoms with van der Waals surface area (Å²) < 4.78 is 46.2. The van der Waals surface area contributed by atoms with Crippen LogP contribution in [-0.4, -0.2) is 28.2 Å². The monoisotopic (exact) mass is 464 g/mol. The molecule has 0 aliphatic carbocycles. The number of carbonyl (C=O) groups is 1. The Morgan fingerprint density at radius 1 is 1.32 bits per heavy atom. The number of nitrogens with zero attached hydrogens (tertiary/aromatic N) is 3. The zero-order chi connectivity index (χ0) is 22.4. The number of rotatable bonds is 7. The minimum atomic E-state index is -4.76. The summed E-state index contributed by atoms with van der Waals surface area (Å²) in [6.07, 6.45) is -3.24. The number of ether oxygens (including phenoxy) is 1. The lowest BCUT2D eigenvalue weighted by Gasteiger charge is -2.14. The Balaban J connectivity index is 1.93. The zero-order valence-corrected chi connectivity index (χ0v) is 17.7. The summed E-state index contributed by atoms with van der Waals surface area (Å²) in [4.78, 5) is 20.3. The van der Waals surface area contributed by atoms with Crippen LogP contribution in [0.25, 0.3) is 11.3 Å². The van der Waals surface area contributed by atoms with Crippen molar-refractivity contribution in [2.45, 2.75) is 18.1 Å². The van der Waals surface area contributed by atoms with Gasteiger partial charge in [0.15, 0.2) is 5.13 Å². The largest absolute Gasteiger partial charge is 0.494 e. The van der Waals surface area contributed by atoms with Crippen molar-refractivity contribution in [1.82, 2.24) is 9.97 Å². The topological polar surface area (TPSA) is 87.9 Å². The zero-order valence-electron chi connectivity index (χ0n) is 16.1. The molecule has 0 unspecified atom stereocenters. The van der Waals surface area contributed by atoms with Crippen LogP contribution < -0.4 is 10.1 Å². The number of alkyl halides is 3. The minimum absolute atomic E-state index is 0.0391. The summed E-state index contributed by atoms with van der Waals surface area (Å²) in [5.74, 6) is -0.124. The normalized spacial score (nSPS) is 11.1. The number of pyridine rings is 1. The average Bonchev–Trinajstić information content (AvgIpc) is 3.24. The second kappa shape index (κ2) is 9.80. The maximum absolute atomic E-state index is 13.6. The number of thioether (sulfide) groups is 1. The summed E-state index contributed by atoms with van der Waals surface area (Å²) in [7, 11) is 0. The van der Waals surface area contributed by atoms with Gasteiger partial charge in [0.25, 0.3) is 0 Å². The van der Waals surface area contributed by atoms with Gasteiger partial charge in [-0.3, -0.25) is 4.79 Å². The van der Waals surface area contributed by atoms with Crippen molar-refractivity contribution < 1.29 is 22.7 Å². The van der Waals surface area contributed by atoms with Gasteiger partial charge in [-0.25, -0.2) is 9.97 Å². The van der Waals surface area contributed by atoms with E-state index in [-0.39, 0.29) is 16.5 Å². The highest BCUT2D eigenvalue weighted by molar-refractivity contribution is 8.00. The molecule has 2 heterocycles. The maximum atomic E-state index is 13.6. The van der Waals surface area contributed by atoms with E-state index in [9.17, 15) is 23.2 Å². The van der Waals surface area contributed by atoms with Crippen molar-refractivity contribution in [2.75, 3.05) is 17.7 Å². The Labute approximate surface area is 184 Å². The Morgan fingerprint density at radius 3 is 2.65 bits per heavy atom. The Kier molecular flexibility index (Phi) is 7.14. The van der Waals surface area contributed by atoms with Crippen LogP contribution in [0.2, 0.25) is 0 Å². The first-order valence-electron chi connectivity index (χ1n) is 8.89. The van der Waals surface area contributed by atoms with Crippen LogP contribution in [0.15, 0.2) is 46.9 Å². The van der Waals surface area contributed by atoms with E-state index in [0.717, 1.165) is 17.8 Å². The Bertz CT molecular complexity index is 1100. The molecule has 1 aromatic carbocycles. The highest BCUT2D eigenvalue weighted by Crippen LogP contribution is 2.38. The molecule has 0 fully saturated rings. The van der Waals surface area contributed by atoms with Gasteiger partial charge in [0.2, 0.25) is 5.91 Å². The van der Waals surface area contributed by atoms with Gasteiger partial charge in [-0.15, -0.1) is 11.3 Å². The molecular weight excluding hydrogens is 449 g/mol. The first-order valence-corrected chi connectivity index (χ1v) is 10.8. The third-order valence-electron chi connectivity index (χ3n) is 3.88. The number of hydrogen-bond acceptors (Lipinski definition) is 7. The third kappa shape index (κ3) is 5.74. The van der Waals surface area contributed by atoms with E-state index < -0.39 is 23.2 Å². The van der Waals surface area contributed by atoms with Crippen LogP contribution in [0.1, 0.15) is 18.1 Å². The predicted molar refractivity (Wildman–Crippen MR) is 112 cm³/mol. The lowest BCUT2D eigenvalue weighted by Crippen LogP contribution is -2.15. The van der Waals surface area contributed by atoms with E-state index >= 15 is 0 Å². The molecule has 11 heteroatoms. The third-order valence-corrected chi connectivity index (χ3v) is 5.55. The predicted octanol–water partition coefficient (Wildman–Crippen LogP) is 5.23.